The molecule has 1 aliphatic rings. The molecule has 1 heterocycles. The predicted molar refractivity (Wildman–Crippen MR) is 150 cm³/mol. The van der Waals surface area contributed by atoms with Gasteiger partial charge in [0.05, 0.1) is 18.6 Å². The van der Waals surface area contributed by atoms with E-state index in [1.807, 2.05) is 0 Å². The number of nitrogens with one attached hydrogen (secondary N) is 3. The van der Waals surface area contributed by atoms with Crippen molar-refractivity contribution in [1.29, 1.82) is 0 Å². The Morgan fingerprint density at radius 1 is 1.05 bits per heavy atom. The number of benzene rings is 1. The average Bonchev–Trinajstić information content (AvgIpc) is 3.42. The number of primary amides is 2. The third-order valence-corrected chi connectivity index (χ3v) is 6.86. The van der Waals surface area contributed by atoms with Crippen molar-refractivity contribution < 1.29 is 38.6 Å². The van der Waals surface area contributed by atoms with Gasteiger partial charge in [-0.1, -0.05) is 30.3 Å². The van der Waals surface area contributed by atoms with Crippen LogP contribution in [-0.4, -0.2) is 88.2 Å². The monoisotopic (exact) mass is 594 g/mol. The minimum Gasteiger partial charge on any atom is -0.445 e. The van der Waals surface area contributed by atoms with Gasteiger partial charge >= 0.3 is 6.09 Å². The van der Waals surface area contributed by atoms with E-state index in [1.54, 1.807) is 30.3 Å². The van der Waals surface area contributed by atoms with E-state index in [-0.39, 0.29) is 38.2 Å². The maximum absolute atomic E-state index is 13.4. The summed E-state index contributed by atoms with van der Waals surface area (Å²) in [7, 11) is 0. The van der Waals surface area contributed by atoms with Crippen molar-refractivity contribution in [3.05, 3.63) is 35.9 Å². The van der Waals surface area contributed by atoms with Gasteiger partial charge in [0.15, 0.2) is 0 Å². The number of thiol groups is 1. The zero-order valence-electron chi connectivity index (χ0n) is 22.8. The van der Waals surface area contributed by atoms with Crippen LogP contribution in [0.5, 0.6) is 0 Å². The highest BCUT2D eigenvalue weighted by Gasteiger charge is 2.39. The molecule has 2 rings (SSSR count). The Balaban J connectivity index is 2.12. The van der Waals surface area contributed by atoms with Crippen LogP contribution in [-0.2, 0) is 35.3 Å². The molecular formula is C26H38N6O8S. The number of likely N-dealkylation sites (tertiary alicyclic amines) is 1. The maximum atomic E-state index is 13.4. The topological polar surface area (TPSA) is 223 Å². The van der Waals surface area contributed by atoms with Crippen molar-refractivity contribution >= 4 is 48.3 Å². The van der Waals surface area contributed by atoms with Crippen LogP contribution >= 0.6 is 12.6 Å². The first-order valence-corrected chi connectivity index (χ1v) is 13.8. The Hall–Kier alpha value is -3.85. The summed E-state index contributed by atoms with van der Waals surface area (Å²) >= 11 is 4.10. The van der Waals surface area contributed by atoms with E-state index in [9.17, 15) is 33.9 Å². The third kappa shape index (κ3) is 10.9. The van der Waals surface area contributed by atoms with Crippen molar-refractivity contribution in [3.63, 3.8) is 0 Å². The number of hydrogen-bond acceptors (Lipinski definition) is 9. The van der Waals surface area contributed by atoms with E-state index in [0.717, 1.165) is 0 Å². The first-order valence-electron chi connectivity index (χ1n) is 13.2. The van der Waals surface area contributed by atoms with Gasteiger partial charge in [-0.15, -0.1) is 0 Å². The molecule has 1 aliphatic heterocycles. The summed E-state index contributed by atoms with van der Waals surface area (Å²) in [4.78, 5) is 76.2. The standard InChI is InChI=1S/C26H38N6O8S/c1-15(33)19(14-41)30-23(36)17(9-10-21(27)34)29-24(37)20-8-5-11-32(20)25(38)18(12-22(28)35)31-26(39)40-13-16-6-3-2-4-7-16/h2-4,6-7,15,17-20,33,41H,5,8-14H2,1H3,(H2,27,34)(H2,28,35)(H,29,37)(H,30,36)(H,31,39)/t15-,17+,18+,19-,20+/m1/s1. The number of ether oxygens (including phenoxy) is 1. The second kappa shape index (κ2) is 16.4. The van der Waals surface area contributed by atoms with Gasteiger partial charge in [-0.25, -0.2) is 4.79 Å². The quantitative estimate of drug-likeness (QED) is 0.121. The number of nitrogens with two attached hydrogens (primary N) is 2. The molecule has 1 fully saturated rings. The molecule has 15 heteroatoms. The molecule has 0 aromatic heterocycles. The van der Waals surface area contributed by atoms with Crippen molar-refractivity contribution in [2.45, 2.75) is 75.9 Å². The number of aliphatic hydroxyl groups excluding tert-OH is 1. The maximum Gasteiger partial charge on any atom is 0.408 e. The zero-order chi connectivity index (χ0) is 30.5. The lowest BCUT2D eigenvalue weighted by atomic mass is 10.1. The summed E-state index contributed by atoms with van der Waals surface area (Å²) in [6, 6.07) is 4.49. The molecule has 8 N–H and O–H groups in total. The fourth-order valence-corrected chi connectivity index (χ4v) is 4.63. The highest BCUT2D eigenvalue weighted by atomic mass is 32.1. The SMILES string of the molecule is C[C@@H](O)[C@@H](CS)NC(=O)[C@H](CCC(N)=O)NC(=O)[C@@H]1CCCN1C(=O)[C@H](CC(N)=O)NC(=O)OCc1ccccc1. The molecule has 0 radical (unpaired) electrons. The van der Waals surface area contributed by atoms with Crippen LogP contribution < -0.4 is 27.4 Å². The molecule has 6 amide bonds. The normalized spacial score (nSPS) is 17.4. The van der Waals surface area contributed by atoms with E-state index in [0.29, 0.717) is 12.0 Å². The largest absolute Gasteiger partial charge is 0.445 e. The molecular weight excluding hydrogens is 556 g/mol. The number of carbonyl (C=O) groups is 6. The summed E-state index contributed by atoms with van der Waals surface area (Å²) in [6.45, 7) is 1.54. The second-order valence-electron chi connectivity index (χ2n) is 9.72. The summed E-state index contributed by atoms with van der Waals surface area (Å²) in [6.07, 6.45) is -2.05. The number of carbonyl (C=O) groups excluding carboxylic acids is 6. The van der Waals surface area contributed by atoms with Gasteiger partial charge in [-0.2, -0.15) is 12.6 Å². The molecule has 0 aliphatic carbocycles. The van der Waals surface area contributed by atoms with Crippen LogP contribution in [0.2, 0.25) is 0 Å². The molecule has 0 spiro atoms. The predicted octanol–water partition coefficient (Wildman–Crippen LogP) is -1.31. The van der Waals surface area contributed by atoms with Crippen LogP contribution in [0.3, 0.4) is 0 Å². The first-order chi connectivity index (χ1) is 19.4. The summed E-state index contributed by atoms with van der Waals surface area (Å²) in [5.41, 5.74) is 11.2. The Morgan fingerprint density at radius 2 is 1.73 bits per heavy atom. The van der Waals surface area contributed by atoms with E-state index in [4.69, 9.17) is 16.2 Å². The van der Waals surface area contributed by atoms with E-state index < -0.39 is 72.3 Å². The van der Waals surface area contributed by atoms with Crippen molar-refractivity contribution in [2.75, 3.05) is 12.3 Å². The van der Waals surface area contributed by atoms with Gasteiger partial charge in [0.1, 0.15) is 24.7 Å². The second-order valence-corrected chi connectivity index (χ2v) is 10.1. The number of hydrogen-bond donors (Lipinski definition) is 7. The van der Waals surface area contributed by atoms with Gasteiger partial charge in [0.25, 0.3) is 0 Å². The Morgan fingerprint density at radius 3 is 2.32 bits per heavy atom. The molecule has 5 atom stereocenters. The fourth-order valence-electron chi connectivity index (χ4n) is 4.24. The van der Waals surface area contributed by atoms with E-state index in [1.165, 1.54) is 11.8 Å². The van der Waals surface area contributed by atoms with Crippen LogP contribution in [0, 0.1) is 0 Å². The van der Waals surface area contributed by atoms with Crippen LogP contribution in [0.25, 0.3) is 0 Å². The van der Waals surface area contributed by atoms with Crippen molar-refractivity contribution in [1.82, 2.24) is 20.9 Å². The Bertz CT molecular complexity index is 1090. The number of rotatable bonds is 15. The number of nitrogens with zero attached hydrogens (tertiary/aromatic N) is 1. The molecule has 41 heavy (non-hydrogen) atoms. The Kier molecular flexibility index (Phi) is 13.4. The van der Waals surface area contributed by atoms with E-state index in [2.05, 4.69) is 28.6 Å². The zero-order valence-corrected chi connectivity index (χ0v) is 23.7. The van der Waals surface area contributed by atoms with Gasteiger partial charge in [0.2, 0.25) is 29.5 Å². The average molecular weight is 595 g/mol. The summed E-state index contributed by atoms with van der Waals surface area (Å²) in [5, 5.41) is 17.3. The molecule has 1 saturated heterocycles. The van der Waals surface area contributed by atoms with Gasteiger partial charge < -0.3 is 42.2 Å². The van der Waals surface area contributed by atoms with Crippen LogP contribution in [0.4, 0.5) is 4.79 Å². The molecule has 0 unspecified atom stereocenters. The number of aliphatic hydroxyl groups is 1. The van der Waals surface area contributed by atoms with Crippen LogP contribution in [0.1, 0.15) is 44.6 Å². The first kappa shape index (κ1) is 33.4. The Labute approximate surface area is 243 Å². The van der Waals surface area contributed by atoms with Gasteiger partial charge in [0, 0.05) is 18.7 Å². The molecule has 14 nitrogen and oxygen atoms in total. The number of amides is 6. The highest BCUT2D eigenvalue weighted by molar-refractivity contribution is 7.80. The molecule has 0 saturated carbocycles. The lowest BCUT2D eigenvalue weighted by Crippen LogP contribution is -2.58. The molecule has 0 bridgehead atoms. The summed E-state index contributed by atoms with van der Waals surface area (Å²) < 4.78 is 5.15. The molecule has 226 valence electrons. The molecule has 1 aromatic rings. The van der Waals surface area contributed by atoms with Gasteiger partial charge in [-0.05, 0) is 31.7 Å². The highest BCUT2D eigenvalue weighted by Crippen LogP contribution is 2.20. The smallest absolute Gasteiger partial charge is 0.408 e. The third-order valence-electron chi connectivity index (χ3n) is 6.47. The lowest BCUT2D eigenvalue weighted by Gasteiger charge is -2.30. The minimum absolute atomic E-state index is 0.0726. The summed E-state index contributed by atoms with van der Waals surface area (Å²) in [5.74, 6) is -3.48. The molecule has 1 aromatic carbocycles. The lowest BCUT2D eigenvalue weighted by molar-refractivity contribution is -0.141. The van der Waals surface area contributed by atoms with E-state index >= 15 is 0 Å². The minimum atomic E-state index is -1.39. The van der Waals surface area contributed by atoms with Gasteiger partial charge in [-0.3, -0.25) is 24.0 Å². The van der Waals surface area contributed by atoms with Crippen molar-refractivity contribution in [2.24, 2.45) is 11.5 Å². The van der Waals surface area contributed by atoms with Crippen LogP contribution in [0.15, 0.2) is 30.3 Å². The fraction of sp³-hybridized carbons (Fsp3) is 0.538. The van der Waals surface area contributed by atoms with Crippen molar-refractivity contribution in [3.8, 4) is 0 Å². The number of alkyl carbamates (subject to hydrolysis) is 1.